The summed E-state index contributed by atoms with van der Waals surface area (Å²) in [5.74, 6) is 0.414. The summed E-state index contributed by atoms with van der Waals surface area (Å²) in [5, 5.41) is 11.2. The van der Waals surface area contributed by atoms with Crippen LogP contribution in [-0.4, -0.2) is 5.11 Å². The lowest BCUT2D eigenvalue weighted by Crippen LogP contribution is -1.94. The van der Waals surface area contributed by atoms with Crippen molar-refractivity contribution in [1.29, 1.82) is 0 Å². The molecule has 1 aromatic rings. The molecule has 0 aliphatic carbocycles. The standard InChI is InChI=1S/C10H12Br2O/c1-6-3-8(4-11)10(13)9(5-12)7(6)2/h3,13H,4-5H2,1-2H3. The summed E-state index contributed by atoms with van der Waals surface area (Å²) in [4.78, 5) is 0. The zero-order valence-electron chi connectivity index (χ0n) is 7.69. The number of alkyl halides is 2. The maximum Gasteiger partial charge on any atom is 0.123 e. The molecule has 0 amide bonds. The van der Waals surface area contributed by atoms with E-state index in [1.807, 2.05) is 13.0 Å². The minimum atomic E-state index is 0.414. The fourth-order valence-electron chi connectivity index (χ4n) is 1.31. The number of phenolic OH excluding ortho intramolecular Hbond substituents is 1. The Morgan fingerprint density at radius 1 is 1.23 bits per heavy atom. The number of hydrogen-bond acceptors (Lipinski definition) is 1. The van der Waals surface area contributed by atoms with Crippen LogP contribution in [0.15, 0.2) is 6.07 Å². The van der Waals surface area contributed by atoms with E-state index in [1.54, 1.807) is 0 Å². The van der Waals surface area contributed by atoms with Gasteiger partial charge in [-0.2, -0.15) is 0 Å². The molecular formula is C10H12Br2O. The molecule has 3 heteroatoms. The number of halogens is 2. The van der Waals surface area contributed by atoms with Gasteiger partial charge in [0.15, 0.2) is 0 Å². The number of benzene rings is 1. The average Bonchev–Trinajstić information content (AvgIpc) is 2.12. The number of aryl methyl sites for hydroxylation is 1. The predicted molar refractivity (Wildman–Crippen MR) is 62.8 cm³/mol. The Labute approximate surface area is 95.4 Å². The van der Waals surface area contributed by atoms with Gasteiger partial charge < -0.3 is 5.11 Å². The van der Waals surface area contributed by atoms with Gasteiger partial charge in [0.1, 0.15) is 5.75 Å². The van der Waals surface area contributed by atoms with Gasteiger partial charge in [-0.05, 0) is 25.0 Å². The number of phenols is 1. The molecule has 0 saturated heterocycles. The van der Waals surface area contributed by atoms with E-state index in [2.05, 4.69) is 38.8 Å². The molecule has 0 bridgehead atoms. The molecule has 1 N–H and O–H groups in total. The summed E-state index contributed by atoms with van der Waals surface area (Å²) in [6.07, 6.45) is 0. The topological polar surface area (TPSA) is 20.2 Å². The van der Waals surface area contributed by atoms with Crippen molar-refractivity contribution in [2.24, 2.45) is 0 Å². The van der Waals surface area contributed by atoms with Crippen molar-refractivity contribution >= 4 is 31.9 Å². The first-order valence-electron chi connectivity index (χ1n) is 4.04. The lowest BCUT2D eigenvalue weighted by Gasteiger charge is -2.12. The molecule has 0 atom stereocenters. The van der Waals surface area contributed by atoms with Gasteiger partial charge in [-0.3, -0.25) is 0 Å². The van der Waals surface area contributed by atoms with E-state index in [0.29, 0.717) is 16.4 Å². The molecule has 1 aromatic carbocycles. The first kappa shape index (κ1) is 11.1. The second-order valence-electron chi connectivity index (χ2n) is 3.07. The minimum absolute atomic E-state index is 0.414. The fourth-order valence-corrected chi connectivity index (χ4v) is 2.43. The van der Waals surface area contributed by atoms with Gasteiger partial charge in [-0.25, -0.2) is 0 Å². The maximum atomic E-state index is 9.83. The molecular weight excluding hydrogens is 296 g/mol. The monoisotopic (exact) mass is 306 g/mol. The molecule has 0 fully saturated rings. The first-order valence-corrected chi connectivity index (χ1v) is 6.29. The van der Waals surface area contributed by atoms with Gasteiger partial charge in [0.05, 0.1) is 0 Å². The van der Waals surface area contributed by atoms with Crippen LogP contribution in [0, 0.1) is 13.8 Å². The van der Waals surface area contributed by atoms with Crippen LogP contribution in [0.1, 0.15) is 22.3 Å². The van der Waals surface area contributed by atoms with Gasteiger partial charge in [-0.1, -0.05) is 37.9 Å². The van der Waals surface area contributed by atoms with Crippen molar-refractivity contribution in [3.05, 3.63) is 28.3 Å². The molecule has 13 heavy (non-hydrogen) atoms. The molecule has 0 spiro atoms. The number of hydrogen-bond donors (Lipinski definition) is 1. The average molecular weight is 308 g/mol. The van der Waals surface area contributed by atoms with Crippen molar-refractivity contribution < 1.29 is 5.11 Å². The van der Waals surface area contributed by atoms with Crippen molar-refractivity contribution in [1.82, 2.24) is 0 Å². The third-order valence-electron chi connectivity index (χ3n) is 2.30. The van der Waals surface area contributed by atoms with Gasteiger partial charge in [0.2, 0.25) is 0 Å². The smallest absolute Gasteiger partial charge is 0.123 e. The van der Waals surface area contributed by atoms with Crippen molar-refractivity contribution in [3.8, 4) is 5.75 Å². The van der Waals surface area contributed by atoms with E-state index >= 15 is 0 Å². The third-order valence-corrected chi connectivity index (χ3v) is 3.47. The Hall–Kier alpha value is -0.0200. The molecule has 0 radical (unpaired) electrons. The minimum Gasteiger partial charge on any atom is -0.507 e. The second kappa shape index (κ2) is 4.47. The van der Waals surface area contributed by atoms with E-state index in [-0.39, 0.29) is 0 Å². The highest BCUT2D eigenvalue weighted by Gasteiger charge is 2.10. The quantitative estimate of drug-likeness (QED) is 0.824. The molecule has 72 valence electrons. The summed E-state index contributed by atoms with van der Waals surface area (Å²) in [7, 11) is 0. The molecule has 0 aromatic heterocycles. The Balaban J connectivity index is 3.39. The summed E-state index contributed by atoms with van der Waals surface area (Å²) in [5.41, 5.74) is 4.34. The van der Waals surface area contributed by atoms with Crippen LogP contribution < -0.4 is 0 Å². The van der Waals surface area contributed by atoms with Crippen molar-refractivity contribution in [3.63, 3.8) is 0 Å². The van der Waals surface area contributed by atoms with Crippen LogP contribution in [0.5, 0.6) is 5.75 Å². The van der Waals surface area contributed by atoms with E-state index in [0.717, 1.165) is 11.1 Å². The van der Waals surface area contributed by atoms with Crippen LogP contribution >= 0.6 is 31.9 Å². The summed E-state index contributed by atoms with van der Waals surface area (Å²) < 4.78 is 0. The van der Waals surface area contributed by atoms with E-state index in [1.165, 1.54) is 11.1 Å². The zero-order valence-corrected chi connectivity index (χ0v) is 10.9. The van der Waals surface area contributed by atoms with Crippen molar-refractivity contribution in [2.75, 3.05) is 0 Å². The highest BCUT2D eigenvalue weighted by atomic mass is 79.9. The highest BCUT2D eigenvalue weighted by Crippen LogP contribution is 2.31. The molecule has 1 rings (SSSR count). The Bertz CT molecular complexity index is 321. The van der Waals surface area contributed by atoms with Crippen LogP contribution in [0.2, 0.25) is 0 Å². The number of rotatable bonds is 2. The molecule has 0 heterocycles. The second-order valence-corrected chi connectivity index (χ2v) is 4.19. The predicted octanol–water partition coefficient (Wildman–Crippen LogP) is 3.80. The van der Waals surface area contributed by atoms with Crippen LogP contribution in [0.4, 0.5) is 0 Å². The molecule has 0 aliphatic heterocycles. The lowest BCUT2D eigenvalue weighted by atomic mass is 10.00. The van der Waals surface area contributed by atoms with E-state index < -0.39 is 0 Å². The molecule has 0 unspecified atom stereocenters. The first-order chi connectivity index (χ1) is 6.11. The highest BCUT2D eigenvalue weighted by molar-refractivity contribution is 9.08. The molecule has 0 saturated carbocycles. The van der Waals surface area contributed by atoms with Gasteiger partial charge in [0, 0.05) is 21.8 Å². The van der Waals surface area contributed by atoms with Crippen molar-refractivity contribution in [2.45, 2.75) is 24.5 Å². The molecule has 0 aliphatic rings. The lowest BCUT2D eigenvalue weighted by molar-refractivity contribution is 0.465. The number of aromatic hydroxyl groups is 1. The van der Waals surface area contributed by atoms with E-state index in [4.69, 9.17) is 0 Å². The van der Waals surface area contributed by atoms with Crippen LogP contribution in [0.25, 0.3) is 0 Å². The normalized spacial score (nSPS) is 10.5. The van der Waals surface area contributed by atoms with Gasteiger partial charge >= 0.3 is 0 Å². The largest absolute Gasteiger partial charge is 0.507 e. The summed E-state index contributed by atoms with van der Waals surface area (Å²) >= 11 is 6.74. The maximum absolute atomic E-state index is 9.83. The van der Waals surface area contributed by atoms with Gasteiger partial charge in [0.25, 0.3) is 0 Å². The van der Waals surface area contributed by atoms with Crippen LogP contribution in [-0.2, 0) is 10.7 Å². The Morgan fingerprint density at radius 2 is 1.85 bits per heavy atom. The fraction of sp³-hybridized carbons (Fsp3) is 0.400. The van der Waals surface area contributed by atoms with E-state index in [9.17, 15) is 5.11 Å². The Morgan fingerprint density at radius 3 is 2.31 bits per heavy atom. The molecule has 1 nitrogen and oxygen atoms in total. The SMILES string of the molecule is Cc1cc(CBr)c(O)c(CBr)c1C. The van der Waals surface area contributed by atoms with Gasteiger partial charge in [-0.15, -0.1) is 0 Å². The zero-order chi connectivity index (χ0) is 10.0. The summed E-state index contributed by atoms with van der Waals surface area (Å²) in [6, 6.07) is 2.02. The Kier molecular flexibility index (Phi) is 3.80. The van der Waals surface area contributed by atoms with Crippen LogP contribution in [0.3, 0.4) is 0 Å². The summed E-state index contributed by atoms with van der Waals surface area (Å²) in [6.45, 7) is 4.09. The third kappa shape index (κ3) is 2.08.